The molecule has 1 aromatic carbocycles. The number of amides is 1. The lowest BCUT2D eigenvalue weighted by molar-refractivity contribution is -0.289. The van der Waals surface area contributed by atoms with E-state index in [1.807, 2.05) is 6.92 Å². The molecule has 1 aromatic rings. The highest BCUT2D eigenvalue weighted by Gasteiger charge is 2.61. The molecule has 0 fully saturated rings. The van der Waals surface area contributed by atoms with Gasteiger partial charge in [0.15, 0.2) is 0 Å². The van der Waals surface area contributed by atoms with E-state index >= 15 is 0 Å². The number of carbonyl (C=O) groups is 1. The number of carbonyl (C=O) groups excluding carboxylic acids is 1. The molecule has 0 saturated heterocycles. The average molecular weight is 358 g/mol. The summed E-state index contributed by atoms with van der Waals surface area (Å²) in [7, 11) is 0. The zero-order valence-corrected chi connectivity index (χ0v) is 13.8. The van der Waals surface area contributed by atoms with Gasteiger partial charge >= 0.3 is 6.18 Å². The van der Waals surface area contributed by atoms with Gasteiger partial charge in [0.25, 0.3) is 5.72 Å². The van der Waals surface area contributed by atoms with Crippen molar-refractivity contribution in [3.05, 3.63) is 41.6 Å². The second-order valence-electron chi connectivity index (χ2n) is 5.97. The number of phenols is 1. The number of benzene rings is 1. The lowest BCUT2D eigenvalue weighted by Gasteiger charge is -2.33. The largest absolute Gasteiger partial charge is 0.508 e. The number of unbranched alkanes of at least 4 members (excludes halogenated alkanes) is 1. The Hall–Kier alpha value is -2.22. The van der Waals surface area contributed by atoms with Crippen LogP contribution in [0.15, 0.2) is 36.0 Å². The number of alkyl halides is 3. The molecule has 2 rings (SSSR count). The minimum Gasteiger partial charge on any atom is -0.508 e. The second-order valence-corrected chi connectivity index (χ2v) is 5.97. The summed E-state index contributed by atoms with van der Waals surface area (Å²) in [5.74, 6) is -0.941. The van der Waals surface area contributed by atoms with E-state index in [0.29, 0.717) is 24.5 Å². The molecule has 0 aromatic heterocycles. The number of hydrogen-bond donors (Lipinski definition) is 3. The molecule has 1 amide bonds. The quantitative estimate of drug-likeness (QED) is 0.731. The maximum atomic E-state index is 13.3. The van der Waals surface area contributed by atoms with Crippen molar-refractivity contribution >= 4 is 5.91 Å². The van der Waals surface area contributed by atoms with Gasteiger partial charge in [-0.15, -0.1) is 0 Å². The number of allylic oxidation sites excluding steroid dienone is 1. The fourth-order valence-electron chi connectivity index (χ4n) is 2.60. The van der Waals surface area contributed by atoms with Crippen LogP contribution in [-0.4, -0.2) is 33.0 Å². The number of aryl methyl sites for hydroxylation is 1. The number of phenolic OH excluding ortho intramolecular Hbond substituents is 1. The Labute approximate surface area is 143 Å². The van der Waals surface area contributed by atoms with Crippen LogP contribution in [0.25, 0.3) is 0 Å². The van der Waals surface area contributed by atoms with E-state index in [1.54, 1.807) is 18.2 Å². The normalized spacial score (nSPS) is 20.4. The van der Waals surface area contributed by atoms with E-state index in [-0.39, 0.29) is 29.3 Å². The van der Waals surface area contributed by atoms with Crippen LogP contribution >= 0.6 is 0 Å². The molecule has 1 heterocycles. The maximum absolute atomic E-state index is 13.3. The number of nitrogens with one attached hydrogen (secondary N) is 1. The molecule has 0 unspecified atom stereocenters. The molecule has 25 heavy (non-hydrogen) atoms. The summed E-state index contributed by atoms with van der Waals surface area (Å²) in [4.78, 5) is 12.3. The van der Waals surface area contributed by atoms with E-state index in [0.717, 1.165) is 6.42 Å². The SMILES string of the molecule is CCCCC1=C[C@](O)(C(F)(F)F)N(C(=O)CCc2ccccc2O)N1. The Morgan fingerprint density at radius 1 is 1.28 bits per heavy atom. The van der Waals surface area contributed by atoms with Crippen molar-refractivity contribution in [3.63, 3.8) is 0 Å². The highest BCUT2D eigenvalue weighted by molar-refractivity contribution is 5.78. The summed E-state index contributed by atoms with van der Waals surface area (Å²) in [6, 6.07) is 6.28. The molecule has 5 nitrogen and oxygen atoms in total. The van der Waals surface area contributed by atoms with Crippen LogP contribution in [-0.2, 0) is 11.2 Å². The summed E-state index contributed by atoms with van der Waals surface area (Å²) in [6.45, 7) is 1.89. The van der Waals surface area contributed by atoms with Crippen molar-refractivity contribution in [2.45, 2.75) is 50.9 Å². The monoisotopic (exact) mass is 358 g/mol. The van der Waals surface area contributed by atoms with Crippen LogP contribution in [0, 0.1) is 0 Å². The van der Waals surface area contributed by atoms with E-state index in [2.05, 4.69) is 5.43 Å². The van der Waals surface area contributed by atoms with Crippen molar-refractivity contribution in [2.24, 2.45) is 0 Å². The zero-order chi connectivity index (χ0) is 18.7. The van der Waals surface area contributed by atoms with Gasteiger partial charge in [-0.25, -0.2) is 5.01 Å². The van der Waals surface area contributed by atoms with Crippen LogP contribution in [0.2, 0.25) is 0 Å². The number of halogens is 3. The molecule has 0 spiro atoms. The van der Waals surface area contributed by atoms with Gasteiger partial charge in [-0.3, -0.25) is 10.2 Å². The van der Waals surface area contributed by atoms with Crippen molar-refractivity contribution in [2.75, 3.05) is 0 Å². The Kier molecular flexibility index (Phi) is 5.62. The first-order chi connectivity index (χ1) is 11.7. The highest BCUT2D eigenvalue weighted by Crippen LogP contribution is 2.38. The lowest BCUT2D eigenvalue weighted by atomic mass is 10.1. The summed E-state index contributed by atoms with van der Waals surface area (Å²) >= 11 is 0. The van der Waals surface area contributed by atoms with Crippen LogP contribution in [0.1, 0.15) is 38.2 Å². The number of rotatable bonds is 6. The first-order valence-corrected chi connectivity index (χ1v) is 8.06. The van der Waals surface area contributed by atoms with E-state index < -0.39 is 17.8 Å². The Morgan fingerprint density at radius 3 is 2.56 bits per heavy atom. The fourth-order valence-corrected chi connectivity index (χ4v) is 2.60. The lowest BCUT2D eigenvalue weighted by Crippen LogP contribution is -2.60. The summed E-state index contributed by atoms with van der Waals surface area (Å²) in [6.07, 6.45) is -2.91. The predicted octanol–water partition coefficient (Wildman–Crippen LogP) is 3.00. The summed E-state index contributed by atoms with van der Waals surface area (Å²) in [5, 5.41) is 20.0. The molecular formula is C17H21F3N2O3. The third kappa shape index (κ3) is 4.07. The molecule has 0 saturated carbocycles. The molecule has 1 aliphatic heterocycles. The number of aliphatic hydroxyl groups is 1. The van der Waals surface area contributed by atoms with Crippen LogP contribution < -0.4 is 5.43 Å². The average Bonchev–Trinajstić information content (AvgIpc) is 2.90. The first kappa shape index (κ1) is 19.1. The van der Waals surface area contributed by atoms with E-state index in [9.17, 15) is 28.2 Å². The van der Waals surface area contributed by atoms with Crippen molar-refractivity contribution in [3.8, 4) is 5.75 Å². The highest BCUT2D eigenvalue weighted by atomic mass is 19.4. The molecule has 138 valence electrons. The smallest absolute Gasteiger partial charge is 0.442 e. The van der Waals surface area contributed by atoms with Gasteiger partial charge in [0.2, 0.25) is 5.91 Å². The molecule has 1 atom stereocenters. The molecule has 0 aliphatic carbocycles. The fraction of sp³-hybridized carbons (Fsp3) is 0.471. The maximum Gasteiger partial charge on any atom is 0.442 e. The van der Waals surface area contributed by atoms with Gasteiger partial charge < -0.3 is 10.2 Å². The Bertz CT molecular complexity index is 661. The van der Waals surface area contributed by atoms with Gasteiger partial charge in [-0.1, -0.05) is 31.5 Å². The van der Waals surface area contributed by atoms with Gasteiger partial charge in [0.05, 0.1) is 0 Å². The summed E-state index contributed by atoms with van der Waals surface area (Å²) < 4.78 is 39.9. The van der Waals surface area contributed by atoms with Crippen molar-refractivity contribution in [1.82, 2.24) is 10.4 Å². The Balaban J connectivity index is 2.13. The van der Waals surface area contributed by atoms with Crippen LogP contribution in [0.3, 0.4) is 0 Å². The molecule has 0 radical (unpaired) electrons. The minimum atomic E-state index is -5.03. The number of aromatic hydroxyl groups is 1. The van der Waals surface area contributed by atoms with Crippen LogP contribution in [0.5, 0.6) is 5.75 Å². The topological polar surface area (TPSA) is 72.8 Å². The standard InChI is InChI=1S/C17H21F3N2O3/c1-2-3-7-13-11-16(25,17(18,19)20)22(21-13)15(24)10-9-12-6-4-5-8-14(12)23/h4-6,8,11,21,23,25H,2-3,7,9-10H2,1H3/t16-/m0/s1. The number of nitrogens with zero attached hydrogens (tertiary/aromatic N) is 1. The van der Waals surface area contributed by atoms with Crippen molar-refractivity contribution < 1.29 is 28.2 Å². The second kappa shape index (κ2) is 7.35. The summed E-state index contributed by atoms with van der Waals surface area (Å²) in [5.41, 5.74) is -0.370. The predicted molar refractivity (Wildman–Crippen MR) is 85.0 cm³/mol. The third-order valence-electron chi connectivity index (χ3n) is 4.04. The molecule has 1 aliphatic rings. The van der Waals surface area contributed by atoms with E-state index in [1.165, 1.54) is 6.07 Å². The minimum absolute atomic E-state index is 0.0301. The van der Waals surface area contributed by atoms with E-state index in [4.69, 9.17) is 0 Å². The van der Waals surface area contributed by atoms with Gasteiger partial charge in [0, 0.05) is 12.1 Å². The van der Waals surface area contributed by atoms with Gasteiger partial charge in [0.1, 0.15) is 5.75 Å². The zero-order valence-electron chi connectivity index (χ0n) is 13.8. The third-order valence-corrected chi connectivity index (χ3v) is 4.04. The Morgan fingerprint density at radius 2 is 1.96 bits per heavy atom. The van der Waals surface area contributed by atoms with Gasteiger partial charge in [-0.2, -0.15) is 13.2 Å². The molecular weight excluding hydrogens is 337 g/mol. The van der Waals surface area contributed by atoms with Crippen LogP contribution in [0.4, 0.5) is 13.2 Å². The number of para-hydroxylation sites is 1. The first-order valence-electron chi connectivity index (χ1n) is 8.06. The van der Waals surface area contributed by atoms with Crippen molar-refractivity contribution in [1.29, 1.82) is 0 Å². The molecule has 8 heteroatoms. The molecule has 0 bridgehead atoms. The molecule has 3 N–H and O–H groups in total. The van der Waals surface area contributed by atoms with Gasteiger partial charge in [-0.05, 0) is 37.0 Å². The number of hydrogen-bond acceptors (Lipinski definition) is 4. The number of hydrazine groups is 1.